The van der Waals surface area contributed by atoms with Gasteiger partial charge in [-0.25, -0.2) is 9.37 Å². The molecule has 4 heteroatoms. The Bertz CT molecular complexity index is 377. The molecule has 1 saturated carbocycles. The molecule has 17 heavy (non-hydrogen) atoms. The Morgan fingerprint density at radius 2 is 2.29 bits per heavy atom. The maximum Gasteiger partial charge on any atom is 0.141 e. The summed E-state index contributed by atoms with van der Waals surface area (Å²) >= 11 is 0. The van der Waals surface area contributed by atoms with E-state index in [1.165, 1.54) is 19.0 Å². The van der Waals surface area contributed by atoms with Crippen LogP contribution in [0.3, 0.4) is 0 Å². The maximum atomic E-state index is 13.2. The monoisotopic (exact) mass is 237 g/mol. The molecule has 1 N–H and O–H groups in total. The van der Waals surface area contributed by atoms with Crippen LogP contribution in [-0.2, 0) is 6.54 Å². The van der Waals surface area contributed by atoms with Gasteiger partial charge in [0.15, 0.2) is 0 Å². The summed E-state index contributed by atoms with van der Waals surface area (Å²) in [5, 5.41) is 3.30. The molecule has 0 atom stereocenters. The largest absolute Gasteiger partial charge is 0.356 e. The fourth-order valence-electron chi connectivity index (χ4n) is 1.96. The molecule has 1 fully saturated rings. The second-order valence-electron chi connectivity index (χ2n) is 4.66. The zero-order chi connectivity index (χ0) is 12.3. The van der Waals surface area contributed by atoms with E-state index in [2.05, 4.69) is 22.1 Å². The fourth-order valence-corrected chi connectivity index (χ4v) is 1.96. The van der Waals surface area contributed by atoms with Gasteiger partial charge in [0.1, 0.15) is 11.6 Å². The van der Waals surface area contributed by atoms with Crippen molar-refractivity contribution in [3.8, 4) is 0 Å². The third-order valence-electron chi connectivity index (χ3n) is 3.08. The number of halogens is 1. The van der Waals surface area contributed by atoms with Gasteiger partial charge in [0.05, 0.1) is 6.20 Å². The molecular formula is C13H20FN3. The lowest BCUT2D eigenvalue weighted by atomic mass is 10.2. The SMILES string of the molecule is CCCNCc1cc(F)cnc1N(C)C1CC1. The highest BCUT2D eigenvalue weighted by molar-refractivity contribution is 5.48. The highest BCUT2D eigenvalue weighted by Crippen LogP contribution is 2.30. The van der Waals surface area contributed by atoms with Crippen LogP contribution >= 0.6 is 0 Å². The van der Waals surface area contributed by atoms with E-state index in [0.717, 1.165) is 24.3 Å². The van der Waals surface area contributed by atoms with Gasteiger partial charge in [0.25, 0.3) is 0 Å². The van der Waals surface area contributed by atoms with Crippen molar-refractivity contribution in [2.24, 2.45) is 0 Å². The number of rotatable bonds is 6. The van der Waals surface area contributed by atoms with Crippen LogP contribution in [0.2, 0.25) is 0 Å². The summed E-state index contributed by atoms with van der Waals surface area (Å²) in [7, 11) is 2.04. The third kappa shape index (κ3) is 3.16. The van der Waals surface area contributed by atoms with Crippen molar-refractivity contribution in [2.45, 2.75) is 38.8 Å². The van der Waals surface area contributed by atoms with E-state index in [9.17, 15) is 4.39 Å². The summed E-state index contributed by atoms with van der Waals surface area (Å²) in [5.41, 5.74) is 0.952. The first kappa shape index (κ1) is 12.3. The van der Waals surface area contributed by atoms with Crippen molar-refractivity contribution < 1.29 is 4.39 Å². The van der Waals surface area contributed by atoms with Gasteiger partial charge >= 0.3 is 0 Å². The van der Waals surface area contributed by atoms with Crippen molar-refractivity contribution >= 4 is 5.82 Å². The average Bonchev–Trinajstić information content (AvgIpc) is 3.13. The van der Waals surface area contributed by atoms with Crippen LogP contribution in [0, 0.1) is 5.82 Å². The molecule has 0 spiro atoms. The number of hydrogen-bond acceptors (Lipinski definition) is 3. The van der Waals surface area contributed by atoms with Gasteiger partial charge in [0.2, 0.25) is 0 Å². The third-order valence-corrected chi connectivity index (χ3v) is 3.08. The Kier molecular flexibility index (Phi) is 3.94. The number of aromatic nitrogens is 1. The number of pyridine rings is 1. The molecule has 1 aliphatic rings. The lowest BCUT2D eigenvalue weighted by Gasteiger charge is -2.21. The molecule has 1 aromatic rings. The smallest absolute Gasteiger partial charge is 0.141 e. The highest BCUT2D eigenvalue weighted by Gasteiger charge is 2.28. The Balaban J connectivity index is 2.11. The minimum Gasteiger partial charge on any atom is -0.356 e. The molecule has 0 saturated heterocycles. The minimum atomic E-state index is -0.258. The molecule has 0 unspecified atom stereocenters. The first-order valence-corrected chi connectivity index (χ1v) is 6.30. The van der Waals surface area contributed by atoms with Gasteiger partial charge in [-0.05, 0) is 31.9 Å². The lowest BCUT2D eigenvalue weighted by molar-refractivity contribution is 0.610. The maximum absolute atomic E-state index is 13.2. The van der Waals surface area contributed by atoms with E-state index >= 15 is 0 Å². The first-order valence-electron chi connectivity index (χ1n) is 6.30. The number of anilines is 1. The van der Waals surface area contributed by atoms with E-state index in [-0.39, 0.29) is 5.82 Å². The van der Waals surface area contributed by atoms with Crippen LogP contribution in [-0.4, -0.2) is 24.6 Å². The molecule has 94 valence electrons. The zero-order valence-electron chi connectivity index (χ0n) is 10.5. The number of nitrogens with one attached hydrogen (secondary N) is 1. The quantitative estimate of drug-likeness (QED) is 0.770. The summed E-state index contributed by atoms with van der Waals surface area (Å²) in [4.78, 5) is 6.40. The predicted octanol–water partition coefficient (Wildman–Crippen LogP) is 2.32. The van der Waals surface area contributed by atoms with E-state index in [1.807, 2.05) is 7.05 Å². The Labute approximate surface area is 102 Å². The van der Waals surface area contributed by atoms with Crippen LogP contribution in [0.25, 0.3) is 0 Å². The lowest BCUT2D eigenvalue weighted by Crippen LogP contribution is -2.24. The van der Waals surface area contributed by atoms with Crippen molar-refractivity contribution in [3.63, 3.8) is 0 Å². The van der Waals surface area contributed by atoms with Gasteiger partial charge in [-0.2, -0.15) is 0 Å². The first-order chi connectivity index (χ1) is 8.22. The molecule has 3 nitrogen and oxygen atoms in total. The molecule has 2 rings (SSSR count). The second kappa shape index (κ2) is 5.45. The van der Waals surface area contributed by atoms with E-state index in [4.69, 9.17) is 0 Å². The molecular weight excluding hydrogens is 217 g/mol. The van der Waals surface area contributed by atoms with Crippen LogP contribution < -0.4 is 10.2 Å². The standard InChI is InChI=1S/C13H20FN3/c1-3-6-15-8-10-7-11(14)9-16-13(10)17(2)12-4-5-12/h7,9,12,15H,3-6,8H2,1-2H3. The highest BCUT2D eigenvalue weighted by atomic mass is 19.1. The summed E-state index contributed by atoms with van der Waals surface area (Å²) in [6, 6.07) is 2.18. The van der Waals surface area contributed by atoms with Crippen molar-refractivity contribution in [1.29, 1.82) is 0 Å². The molecule has 0 aliphatic heterocycles. The molecule has 0 bridgehead atoms. The zero-order valence-corrected chi connectivity index (χ0v) is 10.5. The van der Waals surface area contributed by atoms with Gasteiger partial charge in [-0.15, -0.1) is 0 Å². The van der Waals surface area contributed by atoms with Gasteiger partial charge in [-0.1, -0.05) is 6.92 Å². The Morgan fingerprint density at radius 3 is 2.94 bits per heavy atom. The minimum absolute atomic E-state index is 0.258. The van der Waals surface area contributed by atoms with E-state index in [0.29, 0.717) is 12.6 Å². The average molecular weight is 237 g/mol. The molecule has 0 radical (unpaired) electrons. The fraction of sp³-hybridized carbons (Fsp3) is 0.615. The van der Waals surface area contributed by atoms with Crippen LogP contribution in [0.15, 0.2) is 12.3 Å². The normalized spacial score (nSPS) is 15.0. The summed E-state index contributed by atoms with van der Waals surface area (Å²) in [5.74, 6) is 0.656. The number of hydrogen-bond donors (Lipinski definition) is 1. The van der Waals surface area contributed by atoms with Crippen LogP contribution in [0.1, 0.15) is 31.7 Å². The van der Waals surface area contributed by atoms with Gasteiger partial charge in [0, 0.05) is 25.2 Å². The van der Waals surface area contributed by atoms with Gasteiger partial charge in [-0.3, -0.25) is 0 Å². The van der Waals surface area contributed by atoms with E-state index in [1.54, 1.807) is 6.07 Å². The molecule has 0 amide bonds. The Morgan fingerprint density at radius 1 is 1.53 bits per heavy atom. The topological polar surface area (TPSA) is 28.2 Å². The van der Waals surface area contributed by atoms with Crippen LogP contribution in [0.4, 0.5) is 10.2 Å². The van der Waals surface area contributed by atoms with Crippen molar-refractivity contribution in [3.05, 3.63) is 23.6 Å². The van der Waals surface area contributed by atoms with Crippen molar-refractivity contribution in [2.75, 3.05) is 18.5 Å². The Hall–Kier alpha value is -1.16. The summed E-state index contributed by atoms with van der Waals surface area (Å²) in [6.45, 7) is 3.75. The summed E-state index contributed by atoms with van der Waals surface area (Å²) in [6.07, 6.45) is 4.82. The van der Waals surface area contributed by atoms with E-state index < -0.39 is 0 Å². The van der Waals surface area contributed by atoms with Crippen LogP contribution in [0.5, 0.6) is 0 Å². The summed E-state index contributed by atoms with van der Waals surface area (Å²) < 4.78 is 13.2. The molecule has 0 aromatic carbocycles. The van der Waals surface area contributed by atoms with Gasteiger partial charge < -0.3 is 10.2 Å². The van der Waals surface area contributed by atoms with Crippen molar-refractivity contribution in [1.82, 2.24) is 10.3 Å². The second-order valence-corrected chi connectivity index (χ2v) is 4.66. The predicted molar refractivity (Wildman–Crippen MR) is 67.6 cm³/mol. The number of nitrogens with zero attached hydrogens (tertiary/aromatic N) is 2. The molecule has 1 heterocycles. The molecule has 1 aromatic heterocycles. The molecule has 1 aliphatic carbocycles.